The summed E-state index contributed by atoms with van der Waals surface area (Å²) in [5, 5.41) is 0. The smallest absolute Gasteiger partial charge is 0.306 e. The molecule has 0 aromatic rings. The van der Waals surface area contributed by atoms with Crippen molar-refractivity contribution in [3.05, 3.63) is 122 Å². The number of carbonyl (C=O) groups is 2. The Balaban J connectivity index is 4.42. The molecule has 0 aliphatic heterocycles. The van der Waals surface area contributed by atoms with Gasteiger partial charge in [0.05, 0.1) is 6.61 Å². The average molecular weight is 913 g/mol. The zero-order valence-electron chi connectivity index (χ0n) is 42.9. The van der Waals surface area contributed by atoms with Crippen molar-refractivity contribution in [1.82, 2.24) is 0 Å². The first-order chi connectivity index (χ1) is 32.6. The van der Waals surface area contributed by atoms with Crippen molar-refractivity contribution < 1.29 is 23.8 Å². The third-order valence-electron chi connectivity index (χ3n) is 11.0. The predicted octanol–water partition coefficient (Wildman–Crippen LogP) is 18.6. The summed E-state index contributed by atoms with van der Waals surface area (Å²) in [4.78, 5) is 25.4. The lowest BCUT2D eigenvalue weighted by Crippen LogP contribution is -2.30. The van der Waals surface area contributed by atoms with E-state index >= 15 is 0 Å². The third kappa shape index (κ3) is 52.9. The van der Waals surface area contributed by atoms with Crippen molar-refractivity contribution in [1.29, 1.82) is 0 Å². The Morgan fingerprint density at radius 1 is 0.348 bits per heavy atom. The van der Waals surface area contributed by atoms with Crippen LogP contribution in [0.4, 0.5) is 0 Å². The summed E-state index contributed by atoms with van der Waals surface area (Å²) in [5.74, 6) is -0.483. The molecule has 0 heterocycles. The van der Waals surface area contributed by atoms with E-state index in [-0.39, 0.29) is 25.2 Å². The molecule has 0 bridgehead atoms. The quantitative estimate of drug-likeness (QED) is 0.0346. The summed E-state index contributed by atoms with van der Waals surface area (Å²) in [6, 6.07) is 0. The zero-order valence-corrected chi connectivity index (χ0v) is 42.9. The largest absolute Gasteiger partial charge is 0.462 e. The van der Waals surface area contributed by atoms with Gasteiger partial charge in [0.25, 0.3) is 0 Å². The third-order valence-corrected chi connectivity index (χ3v) is 11.0. The Labute approximate surface area is 407 Å². The molecule has 0 aromatic heterocycles. The van der Waals surface area contributed by atoms with Gasteiger partial charge < -0.3 is 14.2 Å². The minimum atomic E-state index is -0.579. The molecule has 0 aliphatic carbocycles. The molecule has 0 saturated heterocycles. The van der Waals surface area contributed by atoms with Crippen LogP contribution in [0, 0.1) is 0 Å². The van der Waals surface area contributed by atoms with E-state index in [1.165, 1.54) is 70.6 Å². The van der Waals surface area contributed by atoms with E-state index in [0.29, 0.717) is 19.4 Å². The lowest BCUT2D eigenvalue weighted by atomic mass is 10.0. The standard InChI is InChI=1S/C61H100O5/c1-4-7-10-13-16-19-22-25-27-29-30-31-33-35-38-41-44-47-50-53-56-64-57-59(66-61(63)55-52-49-46-43-40-36-24-21-18-15-12-9-6-3)58-65-60(62)54-51-48-45-42-39-37-34-32-28-26-23-20-17-14-11-8-5-2/h7-8,10-11,16-17,19-20,25-28,30-31,34-35,37-38,42,45,59H,4-6,9,12-15,18,21-24,29,32-33,36,39-41,43-44,46-58H2,1-3H3/b10-7-,11-8-,19-16-,20-17-,27-25-,28-26-,31-30-,37-34-,38-35-,45-42-. The molecule has 66 heavy (non-hydrogen) atoms. The predicted molar refractivity (Wildman–Crippen MR) is 288 cm³/mol. The van der Waals surface area contributed by atoms with Crippen LogP contribution >= 0.6 is 0 Å². The van der Waals surface area contributed by atoms with Crippen molar-refractivity contribution >= 4 is 11.9 Å². The van der Waals surface area contributed by atoms with Crippen LogP contribution in [0.1, 0.15) is 226 Å². The maximum absolute atomic E-state index is 12.8. The van der Waals surface area contributed by atoms with E-state index in [0.717, 1.165) is 122 Å². The van der Waals surface area contributed by atoms with Crippen molar-refractivity contribution in [2.75, 3.05) is 19.8 Å². The zero-order chi connectivity index (χ0) is 47.7. The van der Waals surface area contributed by atoms with Gasteiger partial charge in [-0.15, -0.1) is 0 Å². The van der Waals surface area contributed by atoms with E-state index in [9.17, 15) is 9.59 Å². The fourth-order valence-corrected chi connectivity index (χ4v) is 7.04. The van der Waals surface area contributed by atoms with Crippen molar-refractivity contribution in [3.8, 4) is 0 Å². The number of carbonyl (C=O) groups excluding carboxylic acids is 2. The summed E-state index contributed by atoms with van der Waals surface area (Å²) in [6.45, 7) is 7.48. The highest BCUT2D eigenvalue weighted by Gasteiger charge is 2.17. The van der Waals surface area contributed by atoms with Gasteiger partial charge >= 0.3 is 11.9 Å². The Hall–Kier alpha value is -3.70. The van der Waals surface area contributed by atoms with Gasteiger partial charge in [-0.25, -0.2) is 0 Å². The molecule has 0 N–H and O–H groups in total. The second-order valence-corrected chi connectivity index (χ2v) is 17.4. The fourth-order valence-electron chi connectivity index (χ4n) is 7.04. The monoisotopic (exact) mass is 913 g/mol. The molecule has 0 amide bonds. The topological polar surface area (TPSA) is 61.8 Å². The highest BCUT2D eigenvalue weighted by atomic mass is 16.6. The van der Waals surface area contributed by atoms with Crippen LogP contribution in [0.25, 0.3) is 0 Å². The highest BCUT2D eigenvalue weighted by Crippen LogP contribution is 2.14. The minimum absolute atomic E-state index is 0.0398. The molecule has 0 rings (SSSR count). The SMILES string of the molecule is CC/C=C\C/C=C\C/C=C\C/C=C\C/C=C\CCCCCCOCC(COC(=O)CCC/C=C\C/C=C\C/C=C\C/C=C\C/C=C\CC)OC(=O)CCCCCCCCCCCCCCC. The Bertz CT molecular complexity index is 1350. The first-order valence-electron chi connectivity index (χ1n) is 27.1. The summed E-state index contributed by atoms with van der Waals surface area (Å²) >= 11 is 0. The molecule has 0 spiro atoms. The van der Waals surface area contributed by atoms with Crippen LogP contribution in [0.3, 0.4) is 0 Å². The van der Waals surface area contributed by atoms with Gasteiger partial charge in [-0.1, -0.05) is 232 Å². The molecular formula is C61H100O5. The van der Waals surface area contributed by atoms with E-state index in [1.54, 1.807) is 0 Å². The number of unbranched alkanes of at least 4 members (excludes halogenated alkanes) is 17. The van der Waals surface area contributed by atoms with Gasteiger partial charge in [0.15, 0.2) is 6.10 Å². The maximum Gasteiger partial charge on any atom is 0.306 e. The fraction of sp³-hybridized carbons (Fsp3) is 0.639. The van der Waals surface area contributed by atoms with Crippen molar-refractivity contribution in [2.45, 2.75) is 232 Å². The van der Waals surface area contributed by atoms with Gasteiger partial charge in [0.2, 0.25) is 0 Å². The number of hydrogen-bond donors (Lipinski definition) is 0. The second-order valence-electron chi connectivity index (χ2n) is 17.4. The molecule has 0 aliphatic rings. The summed E-state index contributed by atoms with van der Waals surface area (Å²) in [7, 11) is 0. The molecule has 0 radical (unpaired) electrons. The van der Waals surface area contributed by atoms with Crippen LogP contribution in [0.15, 0.2) is 122 Å². The minimum Gasteiger partial charge on any atom is -0.462 e. The van der Waals surface area contributed by atoms with Crippen LogP contribution in [0.2, 0.25) is 0 Å². The average Bonchev–Trinajstić information content (AvgIpc) is 3.32. The molecule has 0 aromatic carbocycles. The van der Waals surface area contributed by atoms with Crippen LogP contribution in [0.5, 0.6) is 0 Å². The normalized spacial score (nSPS) is 13.2. The van der Waals surface area contributed by atoms with Gasteiger partial charge in [0, 0.05) is 19.4 Å². The van der Waals surface area contributed by atoms with Crippen molar-refractivity contribution in [2.24, 2.45) is 0 Å². The Morgan fingerprint density at radius 3 is 1.14 bits per heavy atom. The summed E-state index contributed by atoms with van der Waals surface area (Å²) in [5.41, 5.74) is 0. The lowest BCUT2D eigenvalue weighted by molar-refractivity contribution is -0.163. The number of hydrogen-bond acceptors (Lipinski definition) is 5. The van der Waals surface area contributed by atoms with Gasteiger partial charge in [-0.2, -0.15) is 0 Å². The van der Waals surface area contributed by atoms with Gasteiger partial charge in [0.1, 0.15) is 6.61 Å². The molecular weight excluding hydrogens is 813 g/mol. The number of allylic oxidation sites excluding steroid dienone is 20. The molecule has 1 unspecified atom stereocenters. The second kappa shape index (κ2) is 55.6. The van der Waals surface area contributed by atoms with E-state index < -0.39 is 6.10 Å². The number of ether oxygens (including phenoxy) is 3. The molecule has 1 atom stereocenters. The lowest BCUT2D eigenvalue weighted by Gasteiger charge is -2.18. The molecule has 0 saturated carbocycles. The summed E-state index contributed by atoms with van der Waals surface area (Å²) in [6.07, 6.45) is 77.9. The van der Waals surface area contributed by atoms with E-state index in [2.05, 4.69) is 142 Å². The van der Waals surface area contributed by atoms with Crippen LogP contribution < -0.4 is 0 Å². The first-order valence-corrected chi connectivity index (χ1v) is 27.1. The molecule has 374 valence electrons. The van der Waals surface area contributed by atoms with Gasteiger partial charge in [-0.3, -0.25) is 9.59 Å². The highest BCUT2D eigenvalue weighted by molar-refractivity contribution is 5.70. The number of esters is 2. The Morgan fingerprint density at radius 2 is 0.697 bits per heavy atom. The molecule has 0 fully saturated rings. The van der Waals surface area contributed by atoms with Crippen LogP contribution in [-0.4, -0.2) is 37.9 Å². The first kappa shape index (κ1) is 62.3. The number of rotatable bonds is 48. The maximum atomic E-state index is 12.8. The summed E-state index contributed by atoms with van der Waals surface area (Å²) < 4.78 is 17.4. The Kier molecular flexibility index (Phi) is 52.5. The van der Waals surface area contributed by atoms with Crippen LogP contribution in [-0.2, 0) is 23.8 Å². The van der Waals surface area contributed by atoms with Gasteiger partial charge in [-0.05, 0) is 103 Å². The molecule has 5 nitrogen and oxygen atoms in total. The van der Waals surface area contributed by atoms with Crippen molar-refractivity contribution in [3.63, 3.8) is 0 Å². The molecule has 5 heteroatoms. The van der Waals surface area contributed by atoms with E-state index in [4.69, 9.17) is 14.2 Å². The van der Waals surface area contributed by atoms with E-state index in [1.807, 2.05) is 0 Å².